The molecule has 88 valence electrons. The minimum atomic E-state index is -0.0106. The van der Waals surface area contributed by atoms with Gasteiger partial charge in [0.05, 0.1) is 6.04 Å². The third-order valence-corrected chi connectivity index (χ3v) is 3.49. The van der Waals surface area contributed by atoms with Crippen molar-refractivity contribution in [3.8, 4) is 0 Å². The van der Waals surface area contributed by atoms with Crippen molar-refractivity contribution in [1.29, 1.82) is 0 Å². The van der Waals surface area contributed by atoms with E-state index in [4.69, 9.17) is 5.73 Å². The van der Waals surface area contributed by atoms with Gasteiger partial charge in [-0.25, -0.2) is 9.97 Å². The Morgan fingerprint density at radius 1 is 1.38 bits per heavy atom. The second kappa shape index (κ2) is 5.39. The van der Waals surface area contributed by atoms with E-state index >= 15 is 0 Å². The second-order valence-electron chi connectivity index (χ2n) is 4.69. The summed E-state index contributed by atoms with van der Waals surface area (Å²) in [6.45, 7) is 2.07. The van der Waals surface area contributed by atoms with E-state index in [0.717, 1.165) is 12.2 Å². The number of rotatable bonds is 3. The molecular weight excluding hydrogens is 198 g/mol. The fourth-order valence-corrected chi connectivity index (χ4v) is 2.38. The molecule has 1 aromatic heterocycles. The number of hydrogen-bond donors (Lipinski definition) is 1. The molecule has 1 aliphatic carbocycles. The van der Waals surface area contributed by atoms with Gasteiger partial charge in [-0.3, -0.25) is 0 Å². The predicted octanol–water partition coefficient (Wildman–Crippen LogP) is 2.93. The summed E-state index contributed by atoms with van der Waals surface area (Å²) >= 11 is 0. The molecule has 1 unspecified atom stereocenters. The van der Waals surface area contributed by atoms with Gasteiger partial charge in [0.15, 0.2) is 0 Å². The normalized spacial score (nSPS) is 19.6. The maximum atomic E-state index is 5.97. The highest BCUT2D eigenvalue weighted by Gasteiger charge is 2.18. The Kier molecular flexibility index (Phi) is 3.88. The molecule has 0 spiro atoms. The van der Waals surface area contributed by atoms with Crippen LogP contribution in [0.5, 0.6) is 0 Å². The van der Waals surface area contributed by atoms with Crippen molar-refractivity contribution >= 4 is 0 Å². The number of hydrogen-bond acceptors (Lipinski definition) is 3. The van der Waals surface area contributed by atoms with E-state index in [0.29, 0.717) is 5.92 Å². The molecule has 1 atom stereocenters. The molecule has 0 aromatic carbocycles. The van der Waals surface area contributed by atoms with E-state index < -0.39 is 0 Å². The van der Waals surface area contributed by atoms with Crippen molar-refractivity contribution in [3.63, 3.8) is 0 Å². The zero-order valence-corrected chi connectivity index (χ0v) is 10.0. The van der Waals surface area contributed by atoms with Gasteiger partial charge in [0.1, 0.15) is 5.82 Å². The molecule has 0 radical (unpaired) electrons. The van der Waals surface area contributed by atoms with Crippen molar-refractivity contribution in [1.82, 2.24) is 9.97 Å². The molecule has 0 aliphatic heterocycles. The van der Waals surface area contributed by atoms with Crippen LogP contribution in [0.25, 0.3) is 0 Å². The molecule has 1 heterocycles. The minimum absolute atomic E-state index is 0.0106. The van der Waals surface area contributed by atoms with E-state index in [1.54, 1.807) is 0 Å². The van der Waals surface area contributed by atoms with Crippen LogP contribution in [0.4, 0.5) is 0 Å². The average Bonchev–Trinajstić information content (AvgIpc) is 2.39. The first-order chi connectivity index (χ1) is 7.81. The molecule has 1 fully saturated rings. The number of nitrogens with zero attached hydrogens (tertiary/aromatic N) is 2. The van der Waals surface area contributed by atoms with E-state index in [1.807, 2.05) is 6.20 Å². The lowest BCUT2D eigenvalue weighted by atomic mass is 9.87. The molecule has 0 amide bonds. The zero-order chi connectivity index (χ0) is 11.4. The van der Waals surface area contributed by atoms with Crippen molar-refractivity contribution in [2.45, 2.75) is 57.4 Å². The van der Waals surface area contributed by atoms with Gasteiger partial charge in [-0.15, -0.1) is 0 Å². The lowest BCUT2D eigenvalue weighted by Crippen LogP contribution is -2.15. The van der Waals surface area contributed by atoms with Gasteiger partial charge in [-0.05, 0) is 25.3 Å². The molecule has 0 saturated heterocycles. The first-order valence-electron chi connectivity index (χ1n) is 6.39. The largest absolute Gasteiger partial charge is 0.321 e. The van der Waals surface area contributed by atoms with Crippen LogP contribution >= 0.6 is 0 Å². The lowest BCUT2D eigenvalue weighted by Gasteiger charge is -2.21. The fourth-order valence-electron chi connectivity index (χ4n) is 2.38. The molecule has 0 bridgehead atoms. The van der Waals surface area contributed by atoms with Crippen molar-refractivity contribution in [2.24, 2.45) is 5.73 Å². The van der Waals surface area contributed by atoms with Gasteiger partial charge in [0, 0.05) is 17.8 Å². The minimum Gasteiger partial charge on any atom is -0.321 e. The number of aromatic nitrogens is 2. The van der Waals surface area contributed by atoms with Crippen LogP contribution in [0.3, 0.4) is 0 Å². The molecule has 1 saturated carbocycles. The van der Waals surface area contributed by atoms with E-state index in [1.165, 1.54) is 37.8 Å². The van der Waals surface area contributed by atoms with E-state index in [9.17, 15) is 0 Å². The zero-order valence-electron chi connectivity index (χ0n) is 10.0. The van der Waals surface area contributed by atoms with Gasteiger partial charge in [-0.2, -0.15) is 0 Å². The first-order valence-corrected chi connectivity index (χ1v) is 6.39. The smallest absolute Gasteiger partial charge is 0.145 e. The van der Waals surface area contributed by atoms with Crippen LogP contribution in [0.15, 0.2) is 12.3 Å². The SMILES string of the molecule is CCC(N)c1nccc(C2CCCCC2)n1. The molecule has 3 heteroatoms. The predicted molar refractivity (Wildman–Crippen MR) is 65.1 cm³/mol. The summed E-state index contributed by atoms with van der Waals surface area (Å²) in [5.41, 5.74) is 7.17. The van der Waals surface area contributed by atoms with Crippen LogP contribution in [0.2, 0.25) is 0 Å². The first kappa shape index (κ1) is 11.5. The van der Waals surface area contributed by atoms with Crippen LogP contribution in [-0.2, 0) is 0 Å². The Bertz CT molecular complexity index is 332. The Labute approximate surface area is 97.5 Å². The molecule has 2 rings (SSSR count). The Hall–Kier alpha value is -0.960. The molecule has 2 N–H and O–H groups in total. The van der Waals surface area contributed by atoms with E-state index in [-0.39, 0.29) is 6.04 Å². The molecule has 1 aliphatic rings. The topological polar surface area (TPSA) is 51.8 Å². The summed E-state index contributed by atoms with van der Waals surface area (Å²) in [6, 6.07) is 2.05. The van der Waals surface area contributed by atoms with Crippen LogP contribution in [0.1, 0.15) is 68.9 Å². The lowest BCUT2D eigenvalue weighted by molar-refractivity contribution is 0.434. The Morgan fingerprint density at radius 2 is 2.12 bits per heavy atom. The molecule has 16 heavy (non-hydrogen) atoms. The summed E-state index contributed by atoms with van der Waals surface area (Å²) in [5, 5.41) is 0. The van der Waals surface area contributed by atoms with Gasteiger partial charge >= 0.3 is 0 Å². The van der Waals surface area contributed by atoms with Crippen LogP contribution in [-0.4, -0.2) is 9.97 Å². The maximum absolute atomic E-state index is 5.97. The Balaban J connectivity index is 2.14. The van der Waals surface area contributed by atoms with Gasteiger partial charge in [0.2, 0.25) is 0 Å². The summed E-state index contributed by atoms with van der Waals surface area (Å²) in [4.78, 5) is 8.90. The highest BCUT2D eigenvalue weighted by molar-refractivity contribution is 5.10. The van der Waals surface area contributed by atoms with E-state index in [2.05, 4.69) is 23.0 Å². The summed E-state index contributed by atoms with van der Waals surface area (Å²) in [5.74, 6) is 1.45. The maximum Gasteiger partial charge on any atom is 0.145 e. The van der Waals surface area contributed by atoms with Gasteiger partial charge in [0.25, 0.3) is 0 Å². The molecular formula is C13H21N3. The second-order valence-corrected chi connectivity index (χ2v) is 4.69. The van der Waals surface area contributed by atoms with Crippen molar-refractivity contribution < 1.29 is 0 Å². The highest BCUT2D eigenvalue weighted by atomic mass is 14.9. The van der Waals surface area contributed by atoms with Gasteiger partial charge < -0.3 is 5.73 Å². The third-order valence-electron chi connectivity index (χ3n) is 3.49. The highest BCUT2D eigenvalue weighted by Crippen LogP contribution is 2.31. The van der Waals surface area contributed by atoms with Crippen LogP contribution in [0, 0.1) is 0 Å². The monoisotopic (exact) mass is 219 g/mol. The van der Waals surface area contributed by atoms with Crippen molar-refractivity contribution in [2.75, 3.05) is 0 Å². The Morgan fingerprint density at radius 3 is 2.81 bits per heavy atom. The summed E-state index contributed by atoms with van der Waals surface area (Å²) in [7, 11) is 0. The number of nitrogens with two attached hydrogens (primary N) is 1. The summed E-state index contributed by atoms with van der Waals surface area (Å²) in [6.07, 6.45) is 9.36. The quantitative estimate of drug-likeness (QED) is 0.850. The fraction of sp³-hybridized carbons (Fsp3) is 0.692. The standard InChI is InChI=1S/C13H21N3/c1-2-11(14)13-15-9-8-12(16-13)10-6-4-3-5-7-10/h8-11H,2-7,14H2,1H3. The van der Waals surface area contributed by atoms with Gasteiger partial charge in [-0.1, -0.05) is 26.2 Å². The molecule has 1 aromatic rings. The molecule has 3 nitrogen and oxygen atoms in total. The average molecular weight is 219 g/mol. The summed E-state index contributed by atoms with van der Waals surface area (Å²) < 4.78 is 0. The van der Waals surface area contributed by atoms with Crippen LogP contribution < -0.4 is 5.73 Å². The van der Waals surface area contributed by atoms with Crippen molar-refractivity contribution in [3.05, 3.63) is 23.8 Å². The third kappa shape index (κ3) is 2.59.